The van der Waals surface area contributed by atoms with E-state index in [1.165, 1.54) is 12.8 Å². The number of methoxy groups -OCH3 is 2. The molecule has 0 aliphatic heterocycles. The Balaban J connectivity index is 2.73. The lowest BCUT2D eigenvalue weighted by Gasteiger charge is -2.44. The molecule has 1 fully saturated rings. The second kappa shape index (κ2) is 5.96. The molecule has 16 heavy (non-hydrogen) atoms. The van der Waals surface area contributed by atoms with E-state index in [9.17, 15) is 0 Å². The normalized spacial score (nSPS) is 22.1. The van der Waals surface area contributed by atoms with E-state index in [-0.39, 0.29) is 5.54 Å². The van der Waals surface area contributed by atoms with Crippen LogP contribution in [0.4, 0.5) is 0 Å². The average molecular weight is 230 g/mol. The zero-order valence-electron chi connectivity index (χ0n) is 11.0. The van der Waals surface area contributed by atoms with Crippen LogP contribution < -0.4 is 5.73 Å². The highest BCUT2D eigenvalue weighted by Crippen LogP contribution is 2.43. The number of hydrogen-bond donors (Lipinski definition) is 1. The van der Waals surface area contributed by atoms with Gasteiger partial charge in [0.1, 0.15) is 0 Å². The second-order valence-corrected chi connectivity index (χ2v) is 4.93. The molecule has 1 saturated carbocycles. The molecule has 2 unspecified atom stereocenters. The molecule has 1 rings (SSSR count). The van der Waals surface area contributed by atoms with Gasteiger partial charge in [-0.15, -0.1) is 0 Å². The summed E-state index contributed by atoms with van der Waals surface area (Å²) in [5, 5.41) is 0. The highest BCUT2D eigenvalue weighted by Gasteiger charge is 2.48. The Kier molecular flexibility index (Phi) is 5.18. The zero-order valence-corrected chi connectivity index (χ0v) is 11.0. The second-order valence-electron chi connectivity index (χ2n) is 4.93. The predicted molar refractivity (Wildman–Crippen MR) is 65.5 cm³/mol. The third-order valence-corrected chi connectivity index (χ3v) is 3.86. The number of ether oxygens (including phenoxy) is 2. The molecule has 0 bridgehead atoms. The summed E-state index contributed by atoms with van der Waals surface area (Å²) in [6.45, 7) is 4.26. The lowest BCUT2D eigenvalue weighted by molar-refractivity contribution is -0.0234. The van der Waals surface area contributed by atoms with E-state index in [0.717, 1.165) is 6.61 Å². The Hall–Kier alpha value is -0.160. The first-order valence-corrected chi connectivity index (χ1v) is 6.03. The van der Waals surface area contributed by atoms with E-state index in [1.807, 2.05) is 0 Å². The van der Waals surface area contributed by atoms with Crippen molar-refractivity contribution in [2.45, 2.75) is 31.3 Å². The van der Waals surface area contributed by atoms with Gasteiger partial charge in [0.2, 0.25) is 0 Å². The van der Waals surface area contributed by atoms with E-state index in [0.29, 0.717) is 25.1 Å². The van der Waals surface area contributed by atoms with Gasteiger partial charge in [0.25, 0.3) is 0 Å². The number of likely N-dealkylation sites (N-methyl/N-ethyl adjacent to an activating group) is 1. The lowest BCUT2D eigenvalue weighted by atomic mass is 9.91. The summed E-state index contributed by atoms with van der Waals surface area (Å²) in [6, 6.07) is 0.365. The average Bonchev–Trinajstić information content (AvgIpc) is 3.09. The van der Waals surface area contributed by atoms with E-state index < -0.39 is 0 Å². The standard InChI is InChI=1S/C12H26N2O2/c1-10(7-15-3)14(2)12(8-13,9-16-4)11-5-6-11/h10-11H,5-9,13H2,1-4H3. The van der Waals surface area contributed by atoms with Crippen LogP contribution >= 0.6 is 0 Å². The van der Waals surface area contributed by atoms with Crippen molar-refractivity contribution in [3.8, 4) is 0 Å². The van der Waals surface area contributed by atoms with E-state index in [4.69, 9.17) is 15.2 Å². The minimum absolute atomic E-state index is 0.00725. The minimum Gasteiger partial charge on any atom is -0.383 e. The smallest absolute Gasteiger partial charge is 0.0661 e. The van der Waals surface area contributed by atoms with Gasteiger partial charge in [-0.05, 0) is 32.7 Å². The Bertz CT molecular complexity index is 209. The largest absolute Gasteiger partial charge is 0.383 e. The number of nitrogens with two attached hydrogens (primary N) is 1. The molecular formula is C12H26N2O2. The van der Waals surface area contributed by atoms with Crippen LogP contribution in [0.1, 0.15) is 19.8 Å². The predicted octanol–water partition coefficient (Wildman–Crippen LogP) is 0.707. The summed E-state index contributed by atoms with van der Waals surface area (Å²) in [7, 11) is 5.62. The molecule has 4 nitrogen and oxygen atoms in total. The van der Waals surface area contributed by atoms with Crippen molar-refractivity contribution in [3.63, 3.8) is 0 Å². The molecule has 0 amide bonds. The summed E-state index contributed by atoms with van der Waals surface area (Å²) in [6.07, 6.45) is 2.54. The minimum atomic E-state index is -0.00725. The summed E-state index contributed by atoms with van der Waals surface area (Å²) in [5.74, 6) is 0.682. The molecule has 1 aliphatic rings. The fourth-order valence-corrected chi connectivity index (χ4v) is 2.54. The molecule has 96 valence electrons. The quantitative estimate of drug-likeness (QED) is 0.667. The van der Waals surface area contributed by atoms with Gasteiger partial charge in [-0.1, -0.05) is 0 Å². The first-order valence-electron chi connectivity index (χ1n) is 6.03. The van der Waals surface area contributed by atoms with Gasteiger partial charge in [0.15, 0.2) is 0 Å². The Morgan fingerprint density at radius 1 is 1.38 bits per heavy atom. The first kappa shape index (κ1) is 13.9. The highest BCUT2D eigenvalue weighted by atomic mass is 16.5. The first-order chi connectivity index (χ1) is 7.62. The molecule has 2 N–H and O–H groups in total. The van der Waals surface area contributed by atoms with E-state index >= 15 is 0 Å². The Morgan fingerprint density at radius 3 is 2.38 bits per heavy atom. The molecule has 4 heteroatoms. The van der Waals surface area contributed by atoms with Gasteiger partial charge in [-0.2, -0.15) is 0 Å². The third kappa shape index (κ3) is 2.74. The van der Waals surface area contributed by atoms with Gasteiger partial charge in [0.05, 0.1) is 18.8 Å². The van der Waals surface area contributed by atoms with Crippen molar-refractivity contribution in [2.75, 3.05) is 41.0 Å². The van der Waals surface area contributed by atoms with Crippen LogP contribution in [0.5, 0.6) is 0 Å². The monoisotopic (exact) mass is 230 g/mol. The van der Waals surface area contributed by atoms with Crippen molar-refractivity contribution >= 4 is 0 Å². The van der Waals surface area contributed by atoms with Crippen LogP contribution in [-0.4, -0.2) is 57.5 Å². The van der Waals surface area contributed by atoms with Crippen molar-refractivity contribution < 1.29 is 9.47 Å². The SMILES string of the molecule is COCC(C)N(C)C(CN)(COC)C1CC1. The molecule has 2 atom stereocenters. The van der Waals surface area contributed by atoms with Gasteiger partial charge >= 0.3 is 0 Å². The van der Waals surface area contributed by atoms with Crippen molar-refractivity contribution in [3.05, 3.63) is 0 Å². The Morgan fingerprint density at radius 2 is 2.00 bits per heavy atom. The van der Waals surface area contributed by atoms with Crippen LogP contribution in [0.2, 0.25) is 0 Å². The van der Waals surface area contributed by atoms with Gasteiger partial charge in [-0.3, -0.25) is 4.90 Å². The molecule has 0 aromatic carbocycles. The lowest BCUT2D eigenvalue weighted by Crippen LogP contribution is -2.60. The van der Waals surface area contributed by atoms with E-state index in [1.54, 1.807) is 14.2 Å². The van der Waals surface area contributed by atoms with Crippen LogP contribution in [0, 0.1) is 5.92 Å². The van der Waals surface area contributed by atoms with Crippen LogP contribution in [-0.2, 0) is 9.47 Å². The summed E-state index contributed by atoms with van der Waals surface area (Å²) < 4.78 is 10.6. The summed E-state index contributed by atoms with van der Waals surface area (Å²) in [4.78, 5) is 2.34. The molecule has 0 saturated heterocycles. The van der Waals surface area contributed by atoms with Gasteiger partial charge in [0, 0.05) is 26.8 Å². The van der Waals surface area contributed by atoms with Crippen molar-refractivity contribution in [2.24, 2.45) is 11.7 Å². The summed E-state index contributed by atoms with van der Waals surface area (Å²) in [5.41, 5.74) is 6.00. The van der Waals surface area contributed by atoms with Crippen LogP contribution in [0.25, 0.3) is 0 Å². The maximum absolute atomic E-state index is 6.01. The molecule has 0 heterocycles. The number of hydrogen-bond acceptors (Lipinski definition) is 4. The topological polar surface area (TPSA) is 47.7 Å². The van der Waals surface area contributed by atoms with Gasteiger partial charge < -0.3 is 15.2 Å². The fraction of sp³-hybridized carbons (Fsp3) is 1.00. The van der Waals surface area contributed by atoms with Gasteiger partial charge in [-0.25, -0.2) is 0 Å². The zero-order chi connectivity index (χ0) is 12.2. The van der Waals surface area contributed by atoms with Crippen LogP contribution in [0.15, 0.2) is 0 Å². The highest BCUT2D eigenvalue weighted by molar-refractivity contribution is 5.03. The van der Waals surface area contributed by atoms with E-state index in [2.05, 4.69) is 18.9 Å². The maximum atomic E-state index is 6.01. The maximum Gasteiger partial charge on any atom is 0.0661 e. The molecule has 1 aliphatic carbocycles. The van der Waals surface area contributed by atoms with Crippen LogP contribution in [0.3, 0.4) is 0 Å². The molecule has 0 aromatic heterocycles. The van der Waals surface area contributed by atoms with Crippen molar-refractivity contribution in [1.82, 2.24) is 4.90 Å². The fourth-order valence-electron chi connectivity index (χ4n) is 2.54. The number of nitrogens with zero attached hydrogens (tertiary/aromatic N) is 1. The third-order valence-electron chi connectivity index (χ3n) is 3.86. The number of rotatable bonds is 8. The van der Waals surface area contributed by atoms with Crippen molar-refractivity contribution in [1.29, 1.82) is 0 Å². The molecule has 0 spiro atoms. The molecule has 0 radical (unpaired) electrons. The Labute approximate surface area is 99.1 Å². The molecule has 0 aromatic rings. The molecular weight excluding hydrogens is 204 g/mol. The summed E-state index contributed by atoms with van der Waals surface area (Å²) >= 11 is 0.